The number of carbonyl (C=O) groups is 2. The first-order valence-electron chi connectivity index (χ1n) is 21.4. The summed E-state index contributed by atoms with van der Waals surface area (Å²) in [6.07, 6.45) is -2.54. The number of hydrogen-bond donors (Lipinski definition) is 4. The maximum atomic E-state index is 13.1. The summed E-state index contributed by atoms with van der Waals surface area (Å²) < 4.78 is 50.0. The van der Waals surface area contributed by atoms with Gasteiger partial charge in [-0.25, -0.2) is 0 Å². The zero-order valence-electron chi connectivity index (χ0n) is 37.5. The molecule has 19 atom stereocenters. The van der Waals surface area contributed by atoms with E-state index in [0.717, 1.165) is 6.42 Å². The number of likely N-dealkylation sites (N-methyl/N-ethyl adjacent to an activating group) is 2. The highest BCUT2D eigenvalue weighted by atomic mass is 16.7. The van der Waals surface area contributed by atoms with E-state index >= 15 is 0 Å². The van der Waals surface area contributed by atoms with Gasteiger partial charge in [0, 0.05) is 31.9 Å². The molecule has 344 valence electrons. The molecule has 4 rings (SSSR count). The van der Waals surface area contributed by atoms with E-state index in [4.69, 9.17) is 37.9 Å². The first-order valence-corrected chi connectivity index (χ1v) is 21.4. The lowest BCUT2D eigenvalue weighted by Gasteiger charge is -2.50. The molecule has 4 heterocycles. The van der Waals surface area contributed by atoms with Crippen LogP contribution in [0.2, 0.25) is 0 Å². The van der Waals surface area contributed by atoms with Gasteiger partial charge in [-0.05, 0) is 93.6 Å². The Morgan fingerprint density at radius 2 is 1.57 bits per heavy atom. The fraction of sp³-hybridized carbons (Fsp3) is 0.818. The molecule has 0 spiro atoms. The van der Waals surface area contributed by atoms with Gasteiger partial charge in [0.25, 0.3) is 0 Å². The number of cyclic esters (lactones) is 1. The van der Waals surface area contributed by atoms with Crippen molar-refractivity contribution in [2.24, 2.45) is 11.8 Å². The van der Waals surface area contributed by atoms with Crippen molar-refractivity contribution in [2.75, 3.05) is 35.3 Å². The second-order valence-corrected chi connectivity index (χ2v) is 17.9. The number of methoxy groups -OCH3 is 1. The van der Waals surface area contributed by atoms with Crippen molar-refractivity contribution >= 4 is 12.3 Å². The molecule has 4 aliphatic rings. The first kappa shape index (κ1) is 50.5. The standard InChI is InChI=1S/C44H74N2O14/c1-24-20-30(25(2)23-47)40(60-43-38(50)37(46(10)11)39(28(5)57-43)59-36-22-44(7,52)42(51)29(6)56-36)41(53-12)32(48)21-34(49)54-26(3)16-14-13-15-17-33(24)58-35-19-18-31(45(8)9)27(4)55-35/h13-15,17,23-24,26-33,35-43,48,50-52H,2,16,18-22H2,1,3-12H3/b14-13-,17-15-/t24-,26-,27+,28+,29+,30-,31-,32-,33+,35-,36-,37+,38-,39+,40+,41+,42+,43+,44-/m1/s1. The minimum Gasteiger partial charge on any atom is -0.462 e. The monoisotopic (exact) mass is 855 g/mol. The number of allylic oxidation sites excluding steroid dienone is 2. The van der Waals surface area contributed by atoms with Gasteiger partial charge in [-0.2, -0.15) is 0 Å². The Hall–Kier alpha value is -2.16. The molecule has 0 amide bonds. The van der Waals surface area contributed by atoms with Gasteiger partial charge in [-0.3, -0.25) is 9.59 Å². The molecule has 0 saturated carbocycles. The van der Waals surface area contributed by atoms with Gasteiger partial charge in [0.2, 0.25) is 0 Å². The summed E-state index contributed by atoms with van der Waals surface area (Å²) in [6, 6.07) is -0.510. The van der Waals surface area contributed by atoms with E-state index in [-0.39, 0.29) is 36.5 Å². The minimum absolute atomic E-state index is 0.0268. The van der Waals surface area contributed by atoms with Crippen molar-refractivity contribution in [2.45, 2.75) is 184 Å². The van der Waals surface area contributed by atoms with Gasteiger partial charge in [0.05, 0.1) is 54.7 Å². The van der Waals surface area contributed by atoms with Crippen molar-refractivity contribution in [1.29, 1.82) is 0 Å². The van der Waals surface area contributed by atoms with E-state index in [1.54, 1.807) is 39.8 Å². The molecular weight excluding hydrogens is 780 g/mol. The SMILES string of the molecule is C=C(C=O)[C@H]1C[C@@H](C)[C@@H](O[C@@H]2CC[C@@H](N(C)C)[C@H](C)O2)/C=C\C=C/C[C@@H](C)OC(=O)C[C@@H](O)[C@H](OC)[C@H]1O[C@@H]1O[C@@H](C)[C@H](O[C@@H]2C[C@@](C)(O)[C@@H](O)[C@H](C)O2)[C@@H](N(C)C)[C@H]1O. The van der Waals surface area contributed by atoms with Crippen LogP contribution in [0.3, 0.4) is 0 Å². The van der Waals surface area contributed by atoms with Crippen molar-refractivity contribution in [3.05, 3.63) is 36.5 Å². The number of aliphatic hydroxyl groups is 4. The van der Waals surface area contributed by atoms with Crippen LogP contribution in [0.1, 0.15) is 80.1 Å². The molecule has 0 radical (unpaired) electrons. The molecule has 0 aliphatic carbocycles. The van der Waals surface area contributed by atoms with Crippen LogP contribution in [0.4, 0.5) is 0 Å². The number of nitrogens with zero attached hydrogens (tertiary/aromatic N) is 2. The Bertz CT molecular complexity index is 1440. The molecule has 0 aromatic heterocycles. The highest BCUT2D eigenvalue weighted by Crippen LogP contribution is 2.38. The quantitative estimate of drug-likeness (QED) is 0.134. The van der Waals surface area contributed by atoms with Gasteiger partial charge in [0.1, 0.15) is 36.8 Å². The Morgan fingerprint density at radius 3 is 2.17 bits per heavy atom. The summed E-state index contributed by atoms with van der Waals surface area (Å²) in [5.74, 6) is -1.79. The Morgan fingerprint density at radius 1 is 0.883 bits per heavy atom. The molecule has 0 aromatic rings. The van der Waals surface area contributed by atoms with Gasteiger partial charge in [-0.1, -0.05) is 37.8 Å². The highest BCUT2D eigenvalue weighted by Gasteiger charge is 2.52. The average molecular weight is 855 g/mol. The summed E-state index contributed by atoms with van der Waals surface area (Å²) in [5.41, 5.74) is -1.34. The summed E-state index contributed by atoms with van der Waals surface area (Å²) >= 11 is 0. The predicted molar refractivity (Wildman–Crippen MR) is 221 cm³/mol. The lowest BCUT2D eigenvalue weighted by atomic mass is 9.80. The normalized spacial score (nSPS) is 45.2. The molecule has 0 bridgehead atoms. The topological polar surface area (TPSA) is 195 Å². The minimum atomic E-state index is -1.48. The van der Waals surface area contributed by atoms with Crippen LogP contribution in [-0.2, 0) is 47.5 Å². The van der Waals surface area contributed by atoms with Gasteiger partial charge >= 0.3 is 5.97 Å². The third-order valence-electron chi connectivity index (χ3n) is 12.5. The molecule has 0 aromatic carbocycles. The molecule has 4 aliphatic heterocycles. The maximum Gasteiger partial charge on any atom is 0.308 e. The Labute approximate surface area is 356 Å². The van der Waals surface area contributed by atoms with Crippen molar-refractivity contribution in [1.82, 2.24) is 9.80 Å². The lowest BCUT2D eigenvalue weighted by molar-refractivity contribution is -0.343. The van der Waals surface area contributed by atoms with Gasteiger partial charge < -0.3 is 68.1 Å². The summed E-state index contributed by atoms with van der Waals surface area (Å²) in [6.45, 7) is 14.8. The number of rotatable bonds is 11. The number of ether oxygens (including phenoxy) is 8. The lowest BCUT2D eigenvalue weighted by Crippen LogP contribution is -2.65. The van der Waals surface area contributed by atoms with Crippen LogP contribution < -0.4 is 0 Å². The zero-order valence-corrected chi connectivity index (χ0v) is 37.5. The molecule has 0 unspecified atom stereocenters. The van der Waals surface area contributed by atoms with Crippen LogP contribution in [0.5, 0.6) is 0 Å². The molecular formula is C44H74N2O14. The number of hydrogen-bond acceptors (Lipinski definition) is 16. The third-order valence-corrected chi connectivity index (χ3v) is 12.5. The predicted octanol–water partition coefficient (Wildman–Crippen LogP) is 2.49. The molecule has 3 fully saturated rings. The summed E-state index contributed by atoms with van der Waals surface area (Å²) in [7, 11) is 8.97. The van der Waals surface area contributed by atoms with Crippen LogP contribution in [0.15, 0.2) is 36.5 Å². The Balaban J connectivity index is 1.70. The van der Waals surface area contributed by atoms with E-state index in [0.29, 0.717) is 19.1 Å². The van der Waals surface area contributed by atoms with Crippen LogP contribution in [0, 0.1) is 11.8 Å². The number of aliphatic hydroxyl groups excluding tert-OH is 3. The second kappa shape index (κ2) is 22.5. The summed E-state index contributed by atoms with van der Waals surface area (Å²) in [4.78, 5) is 29.8. The smallest absolute Gasteiger partial charge is 0.308 e. The molecule has 4 N–H and O–H groups in total. The van der Waals surface area contributed by atoms with E-state index in [9.17, 15) is 30.0 Å². The van der Waals surface area contributed by atoms with E-state index < -0.39 is 110 Å². The van der Waals surface area contributed by atoms with Crippen LogP contribution >= 0.6 is 0 Å². The van der Waals surface area contributed by atoms with E-state index in [1.807, 2.05) is 52.2 Å². The average Bonchev–Trinajstić information content (AvgIpc) is 3.15. The zero-order chi connectivity index (χ0) is 44.6. The van der Waals surface area contributed by atoms with Crippen LogP contribution in [0.25, 0.3) is 0 Å². The van der Waals surface area contributed by atoms with Crippen molar-refractivity contribution in [3.8, 4) is 0 Å². The second-order valence-electron chi connectivity index (χ2n) is 17.9. The maximum absolute atomic E-state index is 13.1. The highest BCUT2D eigenvalue weighted by molar-refractivity contribution is 5.73. The number of aldehydes is 1. The van der Waals surface area contributed by atoms with Crippen molar-refractivity contribution < 1.29 is 67.9 Å². The van der Waals surface area contributed by atoms with Gasteiger partial charge in [-0.15, -0.1) is 0 Å². The molecule has 16 heteroatoms. The first-order chi connectivity index (χ1) is 28.2. The Kier molecular flexibility index (Phi) is 18.9. The number of esters is 1. The van der Waals surface area contributed by atoms with Gasteiger partial charge in [0.15, 0.2) is 18.9 Å². The third kappa shape index (κ3) is 13.0. The fourth-order valence-electron chi connectivity index (χ4n) is 9.06. The summed E-state index contributed by atoms with van der Waals surface area (Å²) in [5, 5.41) is 45.2. The molecule has 3 saturated heterocycles. The van der Waals surface area contributed by atoms with Crippen LogP contribution in [-0.4, -0.2) is 181 Å². The molecule has 16 nitrogen and oxygen atoms in total. The largest absolute Gasteiger partial charge is 0.462 e. The van der Waals surface area contributed by atoms with E-state index in [2.05, 4.69) is 11.5 Å². The van der Waals surface area contributed by atoms with Crippen molar-refractivity contribution in [3.63, 3.8) is 0 Å². The fourth-order valence-corrected chi connectivity index (χ4v) is 9.06. The number of carbonyl (C=O) groups excluding carboxylic acids is 2. The van der Waals surface area contributed by atoms with E-state index in [1.165, 1.54) is 14.0 Å². The molecule has 60 heavy (non-hydrogen) atoms.